The van der Waals surface area contributed by atoms with Crippen LogP contribution in [0.15, 0.2) is 24.3 Å². The van der Waals surface area contributed by atoms with Crippen LogP contribution in [0.4, 0.5) is 0 Å². The van der Waals surface area contributed by atoms with Gasteiger partial charge in [0.25, 0.3) is 5.91 Å². The van der Waals surface area contributed by atoms with E-state index in [9.17, 15) is 4.79 Å². The van der Waals surface area contributed by atoms with E-state index in [0.29, 0.717) is 12.2 Å². The Labute approximate surface area is 99.2 Å². The van der Waals surface area contributed by atoms with E-state index in [0.717, 1.165) is 0 Å². The summed E-state index contributed by atoms with van der Waals surface area (Å²) in [6, 6.07) is 5.79. The first kappa shape index (κ1) is 12.8. The number of phenolic OH excluding ortho intramolecular Hbond substituents is 1. The van der Waals surface area contributed by atoms with Crippen molar-refractivity contribution in [3.8, 4) is 5.75 Å². The summed E-state index contributed by atoms with van der Waals surface area (Å²) < 4.78 is 4.91. The van der Waals surface area contributed by atoms with Crippen molar-refractivity contribution in [2.45, 2.75) is 6.04 Å². The number of hydrogen-bond acceptors (Lipinski definition) is 3. The molecule has 0 saturated carbocycles. The van der Waals surface area contributed by atoms with Crippen LogP contribution in [0.2, 0.25) is 0 Å². The second-order valence-electron chi connectivity index (χ2n) is 3.33. The Morgan fingerprint density at radius 1 is 1.50 bits per heavy atom. The van der Waals surface area contributed by atoms with Crippen molar-refractivity contribution in [3.05, 3.63) is 29.8 Å². The number of carbonyl (C=O) groups excluding carboxylic acids is 1. The molecular formula is C11H14ClNO3. The van der Waals surface area contributed by atoms with Crippen molar-refractivity contribution in [2.24, 2.45) is 0 Å². The second-order valence-corrected chi connectivity index (χ2v) is 3.64. The lowest BCUT2D eigenvalue weighted by atomic mass is 10.2. The van der Waals surface area contributed by atoms with Gasteiger partial charge in [0.1, 0.15) is 5.75 Å². The topological polar surface area (TPSA) is 58.6 Å². The number of halogens is 1. The Kier molecular flexibility index (Phi) is 5.08. The Balaban J connectivity index is 2.60. The first-order valence-corrected chi connectivity index (χ1v) is 5.35. The molecule has 1 aromatic rings. The number of amides is 1. The number of ether oxygens (including phenoxy) is 1. The number of rotatable bonds is 5. The summed E-state index contributed by atoms with van der Waals surface area (Å²) >= 11 is 5.67. The van der Waals surface area contributed by atoms with Gasteiger partial charge in [0, 0.05) is 18.6 Å². The van der Waals surface area contributed by atoms with E-state index in [1.165, 1.54) is 12.1 Å². The zero-order chi connectivity index (χ0) is 12.0. The van der Waals surface area contributed by atoms with Crippen molar-refractivity contribution in [1.82, 2.24) is 5.32 Å². The zero-order valence-electron chi connectivity index (χ0n) is 8.94. The van der Waals surface area contributed by atoms with Gasteiger partial charge < -0.3 is 15.2 Å². The van der Waals surface area contributed by atoms with Gasteiger partial charge in [-0.3, -0.25) is 4.79 Å². The lowest BCUT2D eigenvalue weighted by Crippen LogP contribution is -2.39. The van der Waals surface area contributed by atoms with Crippen LogP contribution >= 0.6 is 11.6 Å². The number of alkyl halides is 1. The normalized spacial score (nSPS) is 12.1. The summed E-state index contributed by atoms with van der Waals surface area (Å²) in [6.07, 6.45) is 0. The molecule has 1 aromatic carbocycles. The van der Waals surface area contributed by atoms with Crippen LogP contribution in [0.3, 0.4) is 0 Å². The Bertz CT molecular complexity index is 340. The first-order valence-electron chi connectivity index (χ1n) is 4.82. The van der Waals surface area contributed by atoms with Crippen LogP contribution < -0.4 is 5.32 Å². The van der Waals surface area contributed by atoms with Crippen LogP contribution in [0, 0.1) is 0 Å². The molecule has 0 aromatic heterocycles. The Morgan fingerprint density at radius 3 is 2.62 bits per heavy atom. The molecule has 0 spiro atoms. The molecular weight excluding hydrogens is 230 g/mol. The maximum atomic E-state index is 11.7. The minimum absolute atomic E-state index is 0.127. The molecule has 0 saturated heterocycles. The fourth-order valence-electron chi connectivity index (χ4n) is 1.21. The number of benzene rings is 1. The first-order chi connectivity index (χ1) is 7.67. The van der Waals surface area contributed by atoms with Gasteiger partial charge in [-0.25, -0.2) is 0 Å². The third-order valence-corrected chi connectivity index (χ3v) is 2.39. The van der Waals surface area contributed by atoms with Gasteiger partial charge in [-0.2, -0.15) is 0 Å². The van der Waals surface area contributed by atoms with E-state index in [1.54, 1.807) is 19.2 Å². The average Bonchev–Trinajstić information content (AvgIpc) is 2.29. The van der Waals surface area contributed by atoms with Crippen LogP contribution in [0.1, 0.15) is 10.4 Å². The number of carbonyl (C=O) groups is 1. The van der Waals surface area contributed by atoms with Crippen LogP contribution in [0.5, 0.6) is 5.75 Å². The fraction of sp³-hybridized carbons (Fsp3) is 0.364. The number of phenols is 1. The summed E-state index contributed by atoms with van der Waals surface area (Å²) in [5.41, 5.74) is 0.476. The van der Waals surface area contributed by atoms with E-state index in [4.69, 9.17) is 21.4 Å². The molecule has 0 radical (unpaired) electrons. The Hall–Kier alpha value is -1.26. The molecule has 5 heteroatoms. The molecule has 4 nitrogen and oxygen atoms in total. The fourth-order valence-corrected chi connectivity index (χ4v) is 1.37. The van der Waals surface area contributed by atoms with E-state index in [1.807, 2.05) is 0 Å². The third kappa shape index (κ3) is 3.72. The molecule has 1 unspecified atom stereocenters. The molecule has 1 atom stereocenters. The highest BCUT2D eigenvalue weighted by molar-refractivity contribution is 6.18. The number of aromatic hydroxyl groups is 1. The van der Waals surface area contributed by atoms with Crippen molar-refractivity contribution >= 4 is 17.5 Å². The van der Waals surface area contributed by atoms with Gasteiger partial charge in [-0.1, -0.05) is 0 Å². The molecule has 1 rings (SSSR count). The quantitative estimate of drug-likeness (QED) is 0.768. The third-order valence-electron chi connectivity index (χ3n) is 2.02. The smallest absolute Gasteiger partial charge is 0.251 e. The number of hydrogen-bond donors (Lipinski definition) is 2. The van der Waals surface area contributed by atoms with Gasteiger partial charge in [0.05, 0.1) is 12.6 Å². The Morgan fingerprint density at radius 2 is 2.12 bits per heavy atom. The molecule has 0 heterocycles. The van der Waals surface area contributed by atoms with E-state index in [2.05, 4.69) is 5.32 Å². The van der Waals surface area contributed by atoms with Gasteiger partial charge in [0.15, 0.2) is 0 Å². The number of nitrogens with one attached hydrogen (secondary N) is 1. The van der Waals surface area contributed by atoms with Crippen molar-refractivity contribution in [1.29, 1.82) is 0 Å². The molecule has 0 aliphatic rings. The molecule has 2 N–H and O–H groups in total. The molecule has 16 heavy (non-hydrogen) atoms. The van der Waals surface area contributed by atoms with Crippen molar-refractivity contribution in [2.75, 3.05) is 19.6 Å². The number of methoxy groups -OCH3 is 1. The minimum Gasteiger partial charge on any atom is -0.508 e. The van der Waals surface area contributed by atoms with Gasteiger partial charge in [-0.05, 0) is 24.3 Å². The van der Waals surface area contributed by atoms with E-state index in [-0.39, 0.29) is 23.6 Å². The summed E-state index contributed by atoms with van der Waals surface area (Å²) in [5, 5.41) is 11.8. The monoisotopic (exact) mass is 243 g/mol. The average molecular weight is 244 g/mol. The predicted octanol–water partition coefficient (Wildman–Crippen LogP) is 1.38. The molecule has 88 valence electrons. The lowest BCUT2D eigenvalue weighted by Gasteiger charge is -2.14. The summed E-state index contributed by atoms with van der Waals surface area (Å²) in [4.78, 5) is 11.7. The van der Waals surface area contributed by atoms with Crippen molar-refractivity contribution < 1.29 is 14.6 Å². The molecule has 0 aliphatic heterocycles. The van der Waals surface area contributed by atoms with Crippen molar-refractivity contribution in [3.63, 3.8) is 0 Å². The van der Waals surface area contributed by atoms with Crippen LogP contribution in [-0.2, 0) is 4.74 Å². The minimum atomic E-state index is -0.234. The molecule has 0 bridgehead atoms. The van der Waals surface area contributed by atoms with Gasteiger partial charge in [0.2, 0.25) is 0 Å². The van der Waals surface area contributed by atoms with Crippen LogP contribution in [-0.4, -0.2) is 36.7 Å². The highest BCUT2D eigenvalue weighted by Gasteiger charge is 2.12. The summed E-state index contributed by atoms with van der Waals surface area (Å²) in [5.74, 6) is 0.183. The SMILES string of the molecule is COCC(CCl)NC(=O)c1ccc(O)cc1. The highest BCUT2D eigenvalue weighted by Crippen LogP contribution is 2.09. The second kappa shape index (κ2) is 6.35. The lowest BCUT2D eigenvalue weighted by molar-refractivity contribution is 0.0907. The predicted molar refractivity (Wildman–Crippen MR) is 62.0 cm³/mol. The maximum absolute atomic E-state index is 11.7. The largest absolute Gasteiger partial charge is 0.508 e. The molecule has 0 aliphatic carbocycles. The van der Waals surface area contributed by atoms with Gasteiger partial charge >= 0.3 is 0 Å². The maximum Gasteiger partial charge on any atom is 0.251 e. The van der Waals surface area contributed by atoms with E-state index < -0.39 is 0 Å². The van der Waals surface area contributed by atoms with Gasteiger partial charge in [-0.15, -0.1) is 11.6 Å². The van der Waals surface area contributed by atoms with E-state index >= 15 is 0 Å². The summed E-state index contributed by atoms with van der Waals surface area (Å²) in [7, 11) is 1.55. The van der Waals surface area contributed by atoms with Crippen LogP contribution in [0.25, 0.3) is 0 Å². The zero-order valence-corrected chi connectivity index (χ0v) is 9.70. The highest BCUT2D eigenvalue weighted by atomic mass is 35.5. The molecule has 0 fully saturated rings. The standard InChI is InChI=1S/C11H14ClNO3/c1-16-7-9(6-12)13-11(15)8-2-4-10(14)5-3-8/h2-5,9,14H,6-7H2,1H3,(H,13,15). The molecule has 1 amide bonds. The summed E-state index contributed by atoms with van der Waals surface area (Å²) in [6.45, 7) is 0.368.